The fraction of sp³-hybridized carbons (Fsp3) is 0.444. The van der Waals surface area contributed by atoms with Crippen molar-refractivity contribution in [1.82, 2.24) is 0 Å². The van der Waals surface area contributed by atoms with Crippen molar-refractivity contribution in [2.45, 2.75) is 60.3 Å². The van der Waals surface area contributed by atoms with Crippen LogP contribution in [-0.2, 0) is 0 Å². The van der Waals surface area contributed by atoms with Gasteiger partial charge in [0.1, 0.15) is 0 Å². The number of aliphatic imine (C=N–C) groups is 1. The molecule has 1 nitrogen and oxygen atoms in total. The summed E-state index contributed by atoms with van der Waals surface area (Å²) in [6.45, 7) is 18.3. The maximum atomic E-state index is 4.74. The zero-order valence-corrected chi connectivity index (χ0v) is 21.5. The van der Waals surface area contributed by atoms with Crippen LogP contribution in [0.15, 0.2) is 70.5 Å². The monoisotopic (exact) mass is 443 g/mol. The lowest BCUT2D eigenvalue weighted by molar-refractivity contribution is 0.482. The molecule has 0 aliphatic heterocycles. The van der Waals surface area contributed by atoms with Crippen molar-refractivity contribution >= 4 is 35.4 Å². The number of allylic oxidation sites excluding steroid dienone is 3. The minimum absolute atomic E-state index is 0.813. The summed E-state index contributed by atoms with van der Waals surface area (Å²) in [5.41, 5.74) is 4.48. The average Bonchev–Trinajstić information content (AvgIpc) is 2.71. The quantitative estimate of drug-likeness (QED) is 0.138. The Hall–Kier alpha value is -1.45. The van der Waals surface area contributed by atoms with Gasteiger partial charge in [-0.15, -0.1) is 30.1 Å². The zero-order chi connectivity index (χ0) is 22.8. The second kappa shape index (κ2) is 18.3. The fourth-order valence-corrected chi connectivity index (χ4v) is 4.34. The molecule has 0 fully saturated rings. The predicted octanol–water partition coefficient (Wildman–Crippen LogP) is 9.33. The molecule has 1 atom stereocenters. The molecule has 0 N–H and O–H groups in total. The van der Waals surface area contributed by atoms with Crippen LogP contribution in [0.1, 0.15) is 64.5 Å². The van der Waals surface area contributed by atoms with Crippen molar-refractivity contribution in [3.05, 3.63) is 76.6 Å². The third-order valence-electron chi connectivity index (χ3n) is 4.33. The molecule has 0 aliphatic rings. The van der Waals surface area contributed by atoms with Crippen molar-refractivity contribution in [2.24, 2.45) is 10.9 Å². The van der Waals surface area contributed by atoms with Gasteiger partial charge in [0, 0.05) is 16.7 Å². The van der Waals surface area contributed by atoms with E-state index in [0.29, 0.717) is 0 Å². The highest BCUT2D eigenvalue weighted by atomic mass is 32.2. The molecule has 0 saturated heterocycles. The summed E-state index contributed by atoms with van der Waals surface area (Å²) in [4.78, 5) is 5.93. The minimum Gasteiger partial charge on any atom is -0.260 e. The highest BCUT2D eigenvalue weighted by molar-refractivity contribution is 8.03. The van der Waals surface area contributed by atoms with E-state index in [1.54, 1.807) is 17.8 Å². The molecule has 1 aromatic rings. The molecule has 0 aromatic heterocycles. The Labute approximate surface area is 194 Å². The Morgan fingerprint density at radius 2 is 1.93 bits per heavy atom. The first kappa shape index (κ1) is 28.5. The maximum absolute atomic E-state index is 4.74. The van der Waals surface area contributed by atoms with Gasteiger partial charge in [-0.05, 0) is 74.7 Å². The molecule has 0 amide bonds. The molecule has 0 aliphatic carbocycles. The molecule has 0 heterocycles. The summed E-state index contributed by atoms with van der Waals surface area (Å²) < 4.78 is 0. The molecular weight excluding hydrogens is 402 g/mol. The van der Waals surface area contributed by atoms with E-state index >= 15 is 0 Å². The second-order valence-electron chi connectivity index (χ2n) is 7.29. The molecule has 0 radical (unpaired) electrons. The lowest BCUT2D eigenvalue weighted by Gasteiger charge is -2.14. The Morgan fingerprint density at radius 3 is 2.50 bits per heavy atom. The standard InChI is InChI=1S/C24H35NS2.C3H6/c1-7-11-19(3)13-10-16-27-24(21(5)15-17-26-6)23(25-8-2)22-14-9-12-20(4)18-22;1-3-2/h8-9,12,14-15,17-19H,5,7,10-11,13,16H2,1-4,6H3;3H,1H2,2H3/b17-15-,24-23-,25-8?;. The molecule has 3 heteroatoms. The van der Waals surface area contributed by atoms with Crippen LogP contribution in [0.2, 0.25) is 0 Å². The maximum Gasteiger partial charge on any atom is 0.0839 e. The Balaban J connectivity index is 0.00000263. The number of thioether (sulfide) groups is 2. The van der Waals surface area contributed by atoms with E-state index < -0.39 is 0 Å². The Bertz CT molecular complexity index is 713. The van der Waals surface area contributed by atoms with Crippen LogP contribution < -0.4 is 0 Å². The van der Waals surface area contributed by atoms with Gasteiger partial charge in [0.05, 0.1) is 5.70 Å². The summed E-state index contributed by atoms with van der Waals surface area (Å²) in [6.07, 6.45) is 12.9. The highest BCUT2D eigenvalue weighted by Gasteiger charge is 2.12. The SMILES string of the molecule is C=C(/C=C\SC)/C(SCCCC(C)CCC)=C(/N=CC)c1cccc(C)c1.C=CC. The van der Waals surface area contributed by atoms with Crippen LogP contribution >= 0.6 is 23.5 Å². The number of nitrogens with zero attached hydrogens (tertiary/aromatic N) is 1. The first-order valence-corrected chi connectivity index (χ1v) is 13.1. The predicted molar refractivity (Wildman–Crippen MR) is 146 cm³/mol. The van der Waals surface area contributed by atoms with Crippen LogP contribution in [0.25, 0.3) is 5.70 Å². The van der Waals surface area contributed by atoms with Gasteiger partial charge < -0.3 is 0 Å². The van der Waals surface area contributed by atoms with Gasteiger partial charge in [-0.25, -0.2) is 0 Å². The van der Waals surface area contributed by atoms with Crippen LogP contribution in [0.5, 0.6) is 0 Å². The molecule has 0 spiro atoms. The molecule has 0 bridgehead atoms. The van der Waals surface area contributed by atoms with Crippen molar-refractivity contribution in [2.75, 3.05) is 12.0 Å². The van der Waals surface area contributed by atoms with E-state index in [2.05, 4.69) is 75.9 Å². The molecule has 1 rings (SSSR count). The zero-order valence-electron chi connectivity index (χ0n) is 19.9. The summed E-state index contributed by atoms with van der Waals surface area (Å²) in [5, 5.41) is 2.09. The highest BCUT2D eigenvalue weighted by Crippen LogP contribution is 2.35. The van der Waals surface area contributed by atoms with E-state index in [9.17, 15) is 0 Å². The molecule has 30 heavy (non-hydrogen) atoms. The topological polar surface area (TPSA) is 12.4 Å². The molecule has 1 aromatic carbocycles. The Morgan fingerprint density at radius 1 is 1.23 bits per heavy atom. The third-order valence-corrected chi connectivity index (χ3v) is 5.98. The number of hydrogen-bond acceptors (Lipinski definition) is 3. The number of hydrogen-bond donors (Lipinski definition) is 0. The normalized spacial score (nSPS) is 13.0. The first-order valence-electron chi connectivity index (χ1n) is 10.8. The number of rotatable bonds is 12. The van der Waals surface area contributed by atoms with Crippen molar-refractivity contribution < 1.29 is 0 Å². The van der Waals surface area contributed by atoms with Crippen LogP contribution in [0.4, 0.5) is 0 Å². The van der Waals surface area contributed by atoms with Gasteiger partial charge >= 0.3 is 0 Å². The van der Waals surface area contributed by atoms with Crippen LogP contribution in [-0.4, -0.2) is 18.2 Å². The third kappa shape index (κ3) is 12.3. The molecule has 0 saturated carbocycles. The molecule has 166 valence electrons. The second-order valence-corrected chi connectivity index (χ2v) is 9.14. The van der Waals surface area contributed by atoms with Crippen LogP contribution in [0.3, 0.4) is 0 Å². The van der Waals surface area contributed by atoms with Crippen molar-refractivity contribution in [3.63, 3.8) is 0 Å². The van der Waals surface area contributed by atoms with Gasteiger partial charge in [0.15, 0.2) is 0 Å². The van der Waals surface area contributed by atoms with Gasteiger partial charge in [0.2, 0.25) is 0 Å². The lowest BCUT2D eigenvalue weighted by Crippen LogP contribution is -1.96. The van der Waals surface area contributed by atoms with Gasteiger partial charge in [-0.2, -0.15) is 0 Å². The van der Waals surface area contributed by atoms with Gasteiger partial charge in [-0.1, -0.05) is 63.1 Å². The fourth-order valence-electron chi connectivity index (χ4n) is 2.97. The van der Waals surface area contributed by atoms with Crippen molar-refractivity contribution in [1.29, 1.82) is 0 Å². The largest absolute Gasteiger partial charge is 0.260 e. The van der Waals surface area contributed by atoms with E-state index in [1.165, 1.54) is 36.2 Å². The summed E-state index contributed by atoms with van der Waals surface area (Å²) in [7, 11) is 0. The lowest BCUT2D eigenvalue weighted by atomic mass is 10.0. The first-order chi connectivity index (χ1) is 14.4. The smallest absolute Gasteiger partial charge is 0.0839 e. The van der Waals surface area contributed by atoms with Crippen LogP contribution in [0, 0.1) is 12.8 Å². The summed E-state index contributed by atoms with van der Waals surface area (Å²) in [5.74, 6) is 1.91. The summed E-state index contributed by atoms with van der Waals surface area (Å²) in [6, 6.07) is 8.58. The van der Waals surface area contributed by atoms with E-state index in [-0.39, 0.29) is 0 Å². The molecular formula is C27H41NS2. The molecule has 1 unspecified atom stereocenters. The number of aryl methyl sites for hydroxylation is 1. The summed E-state index contributed by atoms with van der Waals surface area (Å²) >= 11 is 3.59. The van der Waals surface area contributed by atoms with Gasteiger partial charge in [0.25, 0.3) is 0 Å². The Kier molecular flexibility index (Phi) is 17.4. The van der Waals surface area contributed by atoms with Gasteiger partial charge in [-0.3, -0.25) is 4.99 Å². The number of benzene rings is 1. The van der Waals surface area contributed by atoms with E-state index in [4.69, 9.17) is 4.99 Å². The minimum atomic E-state index is 0.813. The average molecular weight is 444 g/mol. The van der Waals surface area contributed by atoms with E-state index in [1.807, 2.05) is 31.8 Å². The van der Waals surface area contributed by atoms with E-state index in [0.717, 1.165) is 28.5 Å². The van der Waals surface area contributed by atoms with Crippen molar-refractivity contribution in [3.8, 4) is 0 Å².